The first-order valence-electron chi connectivity index (χ1n) is 16.1. The van der Waals surface area contributed by atoms with E-state index in [0.717, 1.165) is 61.9 Å². The smallest absolute Gasteiger partial charge is 0.256 e. The maximum atomic E-state index is 14.5. The molecule has 1 amide bonds. The lowest BCUT2D eigenvalue weighted by Gasteiger charge is -2.24. The number of unbranched alkanes of at least 4 members (excludes halogenated alkanes) is 1. The van der Waals surface area contributed by atoms with Crippen molar-refractivity contribution in [1.82, 2.24) is 10.1 Å². The summed E-state index contributed by atoms with van der Waals surface area (Å²) in [7, 11) is -0.752. The Morgan fingerprint density at radius 1 is 1.06 bits per heavy atom. The van der Waals surface area contributed by atoms with Gasteiger partial charge in [0.25, 0.3) is 5.91 Å². The molecule has 1 unspecified atom stereocenters. The van der Waals surface area contributed by atoms with Crippen molar-refractivity contribution in [2.24, 2.45) is 4.99 Å². The van der Waals surface area contributed by atoms with Crippen LogP contribution in [0.15, 0.2) is 44.7 Å². The molecular formula is C35H44N4O7S. The number of carbonyl (C=O) groups excluding carboxylic acids is 2. The van der Waals surface area contributed by atoms with Gasteiger partial charge in [0.1, 0.15) is 17.1 Å². The van der Waals surface area contributed by atoms with E-state index in [1.807, 2.05) is 30.0 Å². The summed E-state index contributed by atoms with van der Waals surface area (Å²) in [6, 6.07) is 9.07. The standard InChI is InChI=1S/C35H44N4O7S/c1-7-9-12-32-36-35(15-10-11-16-35)34(41)39(32)20-25-13-14-27(26(17-25)21-45-8-2)28-18-29(43-5)30(44-6)19-31(28)47(42,22-40)38-33-23(3)24(4)46-37-33/h13-14,17-19H,7-12,15-16,20-21H2,1-6H3,(H,37,38,42). The van der Waals surface area contributed by atoms with Gasteiger partial charge in [0.05, 0.1) is 32.3 Å². The van der Waals surface area contributed by atoms with Gasteiger partial charge in [0.2, 0.25) is 5.23 Å². The van der Waals surface area contributed by atoms with Crippen molar-refractivity contribution in [2.45, 2.75) is 96.2 Å². The van der Waals surface area contributed by atoms with E-state index in [9.17, 15) is 13.8 Å². The summed E-state index contributed by atoms with van der Waals surface area (Å²) in [4.78, 5) is 33.4. The van der Waals surface area contributed by atoms with E-state index in [1.165, 1.54) is 20.3 Å². The number of amides is 1. The largest absolute Gasteiger partial charge is 0.493 e. The third-order valence-electron chi connectivity index (χ3n) is 9.06. The maximum Gasteiger partial charge on any atom is 0.256 e. The first-order valence-corrected chi connectivity index (χ1v) is 17.7. The van der Waals surface area contributed by atoms with Crippen molar-refractivity contribution < 1.29 is 32.5 Å². The topological polar surface area (TPSA) is 133 Å². The van der Waals surface area contributed by atoms with Crippen LogP contribution in [0.4, 0.5) is 5.82 Å². The number of ether oxygens (including phenoxy) is 3. The summed E-state index contributed by atoms with van der Waals surface area (Å²) < 4.78 is 39.6. The first kappa shape index (κ1) is 34.2. The quantitative estimate of drug-likeness (QED) is 0.193. The lowest BCUT2D eigenvalue weighted by Crippen LogP contribution is -2.40. The van der Waals surface area contributed by atoms with Gasteiger partial charge in [0.15, 0.2) is 27.0 Å². The molecule has 1 aromatic heterocycles. The Morgan fingerprint density at radius 3 is 2.40 bits per heavy atom. The normalized spacial score (nSPS) is 16.7. The number of aliphatic imine (C=N–C) groups is 1. The van der Waals surface area contributed by atoms with Crippen molar-refractivity contribution in [3.8, 4) is 22.6 Å². The van der Waals surface area contributed by atoms with Crippen molar-refractivity contribution in [1.29, 1.82) is 0 Å². The molecule has 2 aromatic carbocycles. The Kier molecular flexibility index (Phi) is 10.4. The van der Waals surface area contributed by atoms with Crippen LogP contribution in [0.5, 0.6) is 11.5 Å². The number of hydrogen-bond acceptors (Lipinski definition) is 9. The summed E-state index contributed by atoms with van der Waals surface area (Å²) in [6.07, 6.45) is 6.35. The summed E-state index contributed by atoms with van der Waals surface area (Å²) in [5.41, 5.74) is 2.84. The number of aromatic nitrogens is 1. The minimum atomic E-state index is -3.73. The molecule has 0 bridgehead atoms. The van der Waals surface area contributed by atoms with Gasteiger partial charge >= 0.3 is 0 Å². The van der Waals surface area contributed by atoms with E-state index in [1.54, 1.807) is 25.1 Å². The van der Waals surface area contributed by atoms with E-state index in [4.69, 9.17) is 23.7 Å². The monoisotopic (exact) mass is 664 g/mol. The summed E-state index contributed by atoms with van der Waals surface area (Å²) in [5.74, 6) is 2.34. The molecule has 3 aromatic rings. The molecule has 1 spiro atoms. The number of carbonyl (C=O) groups is 1. The van der Waals surface area contributed by atoms with Crippen molar-refractivity contribution in [3.63, 3.8) is 0 Å². The Hall–Kier alpha value is -4.12. The lowest BCUT2D eigenvalue weighted by molar-refractivity contribution is -0.131. The molecule has 1 fully saturated rings. The second-order valence-corrected chi connectivity index (χ2v) is 14.0. The fourth-order valence-electron chi connectivity index (χ4n) is 6.30. The van der Waals surface area contributed by atoms with Gasteiger partial charge in [0, 0.05) is 30.2 Å². The molecule has 11 nitrogen and oxygen atoms in total. The molecule has 1 aliphatic carbocycles. The van der Waals surface area contributed by atoms with E-state index >= 15 is 0 Å². The van der Waals surface area contributed by atoms with E-state index in [2.05, 4.69) is 16.8 Å². The number of aryl methyl sites for hydroxylation is 1. The predicted octanol–water partition coefficient (Wildman–Crippen LogP) is 6.49. The molecule has 2 aliphatic rings. The zero-order valence-electron chi connectivity index (χ0n) is 28.1. The van der Waals surface area contributed by atoms with Crippen LogP contribution >= 0.6 is 0 Å². The van der Waals surface area contributed by atoms with E-state index < -0.39 is 15.2 Å². The molecule has 12 heteroatoms. The van der Waals surface area contributed by atoms with Crippen LogP contribution in [0, 0.1) is 13.8 Å². The fraction of sp³-hybridized carbons (Fsp3) is 0.486. The van der Waals surface area contributed by atoms with Crippen molar-refractivity contribution >= 4 is 32.5 Å². The molecule has 47 heavy (non-hydrogen) atoms. The van der Waals surface area contributed by atoms with E-state index in [0.29, 0.717) is 47.1 Å². The van der Waals surface area contributed by atoms with Crippen LogP contribution in [-0.4, -0.2) is 57.6 Å². The van der Waals surface area contributed by atoms with Crippen LogP contribution in [0.2, 0.25) is 0 Å². The first-order chi connectivity index (χ1) is 22.6. The molecular weight excluding hydrogens is 620 g/mol. The number of rotatable bonds is 14. The van der Waals surface area contributed by atoms with Crippen LogP contribution in [0.1, 0.15) is 81.2 Å². The van der Waals surface area contributed by atoms with Gasteiger partial charge in [-0.05, 0) is 62.8 Å². The molecule has 5 rings (SSSR count). The molecule has 1 N–H and O–H groups in total. The minimum absolute atomic E-state index is 0.0874. The van der Waals surface area contributed by atoms with Crippen LogP contribution in [-0.2, 0) is 37.2 Å². The zero-order chi connectivity index (χ0) is 33.8. The Labute approximate surface area is 276 Å². The molecule has 1 saturated carbocycles. The molecule has 0 radical (unpaired) electrons. The number of methoxy groups -OCH3 is 2. The second-order valence-electron chi connectivity index (χ2n) is 12.0. The predicted molar refractivity (Wildman–Crippen MR) is 181 cm³/mol. The number of benzene rings is 2. The van der Waals surface area contributed by atoms with Crippen LogP contribution in [0.25, 0.3) is 11.1 Å². The molecule has 0 saturated heterocycles. The number of nitrogens with zero attached hydrogens (tertiary/aromatic N) is 3. The van der Waals surface area contributed by atoms with Gasteiger partial charge < -0.3 is 18.7 Å². The number of anilines is 1. The Morgan fingerprint density at radius 2 is 1.79 bits per heavy atom. The zero-order valence-corrected chi connectivity index (χ0v) is 28.9. The highest BCUT2D eigenvalue weighted by Crippen LogP contribution is 2.42. The van der Waals surface area contributed by atoms with Crippen LogP contribution in [0.3, 0.4) is 0 Å². The van der Waals surface area contributed by atoms with Gasteiger partial charge in [-0.2, -0.15) is 0 Å². The van der Waals surface area contributed by atoms with Crippen LogP contribution < -0.4 is 14.2 Å². The molecule has 1 aliphatic heterocycles. The molecule has 2 heterocycles. The minimum Gasteiger partial charge on any atom is -0.493 e. The Balaban J connectivity index is 1.61. The highest BCUT2D eigenvalue weighted by molar-refractivity contribution is 8.02. The van der Waals surface area contributed by atoms with Gasteiger partial charge in [-0.3, -0.25) is 19.4 Å². The summed E-state index contributed by atoms with van der Waals surface area (Å²) in [6.45, 7) is 8.62. The number of nitrogens with one attached hydrogen (secondary N) is 1. The molecule has 252 valence electrons. The molecule has 1 atom stereocenters. The second kappa shape index (κ2) is 14.3. The lowest BCUT2D eigenvalue weighted by atomic mass is 9.96. The average molecular weight is 665 g/mol. The fourth-order valence-corrected chi connectivity index (χ4v) is 7.75. The van der Waals surface area contributed by atoms with E-state index in [-0.39, 0.29) is 23.2 Å². The highest BCUT2D eigenvalue weighted by atomic mass is 32.2. The Bertz CT molecular complexity index is 1810. The number of hydrogen-bond donors (Lipinski definition) is 1. The van der Waals surface area contributed by atoms with Crippen molar-refractivity contribution in [3.05, 3.63) is 52.8 Å². The third kappa shape index (κ3) is 6.68. The SMILES string of the molecule is CCCCC1=NC2(CCCC2)C(=O)N1Cc1ccc(-c2cc(OC)c(OC)cc2S(=O)(=C=O)Nc2noc(C)c2C)c(COCC)c1. The summed E-state index contributed by atoms with van der Waals surface area (Å²) in [5, 5.41) is 5.72. The third-order valence-corrected chi connectivity index (χ3v) is 10.7. The number of amidine groups is 1. The maximum absolute atomic E-state index is 14.5. The van der Waals surface area contributed by atoms with Gasteiger partial charge in [-0.25, -0.2) is 9.00 Å². The highest BCUT2D eigenvalue weighted by Gasteiger charge is 2.49. The summed E-state index contributed by atoms with van der Waals surface area (Å²) >= 11 is 0. The van der Waals surface area contributed by atoms with Crippen molar-refractivity contribution in [2.75, 3.05) is 25.5 Å². The van der Waals surface area contributed by atoms with Gasteiger partial charge in [-0.15, -0.1) is 0 Å². The van der Waals surface area contributed by atoms with Gasteiger partial charge in [-0.1, -0.05) is 49.5 Å². The average Bonchev–Trinajstić information content (AvgIpc) is 3.76.